The number of nitrogens with one attached hydrogen (secondary N) is 2. The summed E-state index contributed by atoms with van der Waals surface area (Å²) in [5.41, 5.74) is 1.36. The van der Waals surface area contributed by atoms with E-state index in [2.05, 4.69) is 15.6 Å². The van der Waals surface area contributed by atoms with Crippen LogP contribution in [0.4, 0.5) is 10.1 Å². The van der Waals surface area contributed by atoms with E-state index in [0.717, 1.165) is 12.1 Å². The molecule has 0 radical (unpaired) electrons. The normalized spacial score (nSPS) is 9.95. The predicted octanol–water partition coefficient (Wildman–Crippen LogP) is 2.75. The van der Waals surface area contributed by atoms with Gasteiger partial charge in [0.05, 0.1) is 5.69 Å². The summed E-state index contributed by atoms with van der Waals surface area (Å²) in [7, 11) is 0. The van der Waals surface area contributed by atoms with Gasteiger partial charge in [0.15, 0.2) is 5.11 Å². The second-order valence-electron chi connectivity index (χ2n) is 3.93. The van der Waals surface area contributed by atoms with Crippen LogP contribution in [0.3, 0.4) is 0 Å². The number of anilines is 1. The minimum atomic E-state index is -0.323. The fourth-order valence-electron chi connectivity index (χ4n) is 1.58. The first kappa shape index (κ1) is 13.4. The minimum absolute atomic E-state index is 0.323. The highest BCUT2D eigenvalue weighted by atomic mass is 32.1. The lowest BCUT2D eigenvalue weighted by molar-refractivity contribution is 0.632. The molecule has 5 heteroatoms. The number of nitrogens with zero attached hydrogens (tertiary/aromatic N) is 1. The lowest BCUT2D eigenvalue weighted by atomic mass is 10.3. The maximum absolute atomic E-state index is 13.4. The molecule has 1 aromatic heterocycles. The van der Waals surface area contributed by atoms with Crippen LogP contribution in [0.15, 0.2) is 48.7 Å². The van der Waals surface area contributed by atoms with Crippen molar-refractivity contribution in [3.05, 3.63) is 60.2 Å². The van der Waals surface area contributed by atoms with Crippen molar-refractivity contribution in [3.8, 4) is 0 Å². The first-order valence-corrected chi connectivity index (χ1v) is 6.36. The Morgan fingerprint density at radius 2 is 1.95 bits per heavy atom. The average molecular weight is 275 g/mol. The molecular formula is C14H14FN3S. The highest BCUT2D eigenvalue weighted by molar-refractivity contribution is 7.80. The number of para-hydroxylation sites is 1. The molecule has 2 aromatic rings. The maximum Gasteiger partial charge on any atom is 0.170 e. The van der Waals surface area contributed by atoms with Crippen LogP contribution < -0.4 is 10.6 Å². The third-order valence-corrected chi connectivity index (χ3v) is 2.76. The third-order valence-electron chi connectivity index (χ3n) is 2.51. The molecule has 1 aromatic carbocycles. The molecule has 0 aliphatic heterocycles. The Balaban J connectivity index is 1.78. The van der Waals surface area contributed by atoms with Crippen molar-refractivity contribution < 1.29 is 4.39 Å². The Hall–Kier alpha value is -2.01. The number of pyridine rings is 1. The molecule has 1 heterocycles. The van der Waals surface area contributed by atoms with E-state index in [4.69, 9.17) is 12.2 Å². The largest absolute Gasteiger partial charge is 0.362 e. The predicted molar refractivity (Wildman–Crippen MR) is 78.6 cm³/mol. The van der Waals surface area contributed by atoms with Crippen LogP contribution in [0.25, 0.3) is 0 Å². The molecule has 98 valence electrons. The summed E-state index contributed by atoms with van der Waals surface area (Å²) in [6.07, 6.45) is 2.52. The summed E-state index contributed by atoms with van der Waals surface area (Å²) in [4.78, 5) is 4.21. The molecule has 2 rings (SSSR count). The van der Waals surface area contributed by atoms with Gasteiger partial charge in [-0.05, 0) is 36.5 Å². The van der Waals surface area contributed by atoms with Crippen LogP contribution in [-0.2, 0) is 6.42 Å². The molecule has 0 unspecified atom stereocenters. The zero-order valence-corrected chi connectivity index (χ0v) is 11.1. The first-order valence-electron chi connectivity index (χ1n) is 5.95. The van der Waals surface area contributed by atoms with Gasteiger partial charge in [-0.25, -0.2) is 4.39 Å². The Morgan fingerprint density at radius 1 is 1.16 bits per heavy atom. The van der Waals surface area contributed by atoms with E-state index >= 15 is 0 Å². The molecule has 0 bridgehead atoms. The van der Waals surface area contributed by atoms with Gasteiger partial charge < -0.3 is 10.6 Å². The first-order chi connectivity index (χ1) is 9.25. The number of rotatable bonds is 4. The quantitative estimate of drug-likeness (QED) is 0.841. The molecule has 0 spiro atoms. The number of thiocarbonyl (C=S) groups is 1. The van der Waals surface area contributed by atoms with Gasteiger partial charge in [-0.2, -0.15) is 0 Å². The molecule has 0 saturated carbocycles. The van der Waals surface area contributed by atoms with E-state index in [1.165, 1.54) is 6.07 Å². The van der Waals surface area contributed by atoms with E-state index in [1.807, 2.05) is 18.2 Å². The van der Waals surface area contributed by atoms with Gasteiger partial charge >= 0.3 is 0 Å². The summed E-state index contributed by atoms with van der Waals surface area (Å²) in [5.74, 6) is -0.323. The van der Waals surface area contributed by atoms with Gasteiger partial charge in [0.1, 0.15) is 5.82 Å². The zero-order valence-electron chi connectivity index (χ0n) is 10.3. The standard InChI is InChI=1S/C14H14FN3S/c15-12-6-1-2-7-13(12)18-14(19)17-10-8-11-5-3-4-9-16-11/h1-7,9H,8,10H2,(H2,17,18,19). The molecule has 3 nitrogen and oxygen atoms in total. The van der Waals surface area contributed by atoms with E-state index in [-0.39, 0.29) is 5.82 Å². The summed E-state index contributed by atoms with van der Waals surface area (Å²) >= 11 is 5.10. The van der Waals surface area contributed by atoms with E-state index in [9.17, 15) is 4.39 Å². The van der Waals surface area contributed by atoms with Gasteiger partial charge in [-0.3, -0.25) is 4.98 Å². The molecule has 0 aliphatic rings. The zero-order chi connectivity index (χ0) is 13.5. The molecular weight excluding hydrogens is 261 g/mol. The molecule has 0 atom stereocenters. The molecule has 0 amide bonds. The third kappa shape index (κ3) is 4.30. The van der Waals surface area contributed by atoms with Crippen LogP contribution >= 0.6 is 12.2 Å². The Labute approximate surface area is 116 Å². The highest BCUT2D eigenvalue weighted by Crippen LogP contribution is 2.11. The number of aromatic nitrogens is 1. The molecule has 0 aliphatic carbocycles. The van der Waals surface area contributed by atoms with Gasteiger partial charge in [-0.15, -0.1) is 0 Å². The van der Waals surface area contributed by atoms with Crippen LogP contribution in [0, 0.1) is 5.82 Å². The van der Waals surface area contributed by atoms with Gasteiger partial charge in [0, 0.05) is 24.9 Å². The van der Waals surface area contributed by atoms with Crippen molar-refractivity contribution in [2.45, 2.75) is 6.42 Å². The number of halogens is 1. The minimum Gasteiger partial charge on any atom is -0.362 e. The molecule has 2 N–H and O–H groups in total. The van der Waals surface area contributed by atoms with E-state index in [1.54, 1.807) is 24.4 Å². The second kappa shape index (κ2) is 6.80. The highest BCUT2D eigenvalue weighted by Gasteiger charge is 2.02. The number of hydrogen-bond acceptors (Lipinski definition) is 2. The lowest BCUT2D eigenvalue weighted by Gasteiger charge is -2.10. The summed E-state index contributed by atoms with van der Waals surface area (Å²) in [5, 5.41) is 6.25. The van der Waals surface area contributed by atoms with Crippen LogP contribution in [0.5, 0.6) is 0 Å². The molecule has 0 fully saturated rings. The van der Waals surface area contributed by atoms with Gasteiger partial charge in [0.2, 0.25) is 0 Å². The maximum atomic E-state index is 13.4. The summed E-state index contributed by atoms with van der Waals surface area (Å²) < 4.78 is 13.4. The summed E-state index contributed by atoms with van der Waals surface area (Å²) in [6, 6.07) is 12.2. The smallest absolute Gasteiger partial charge is 0.170 e. The van der Waals surface area contributed by atoms with Crippen LogP contribution in [-0.4, -0.2) is 16.6 Å². The van der Waals surface area contributed by atoms with Crippen molar-refractivity contribution in [2.75, 3.05) is 11.9 Å². The van der Waals surface area contributed by atoms with E-state index < -0.39 is 0 Å². The fourth-order valence-corrected chi connectivity index (χ4v) is 1.79. The van der Waals surface area contributed by atoms with Crippen LogP contribution in [0.2, 0.25) is 0 Å². The van der Waals surface area contributed by atoms with Gasteiger partial charge in [0.25, 0.3) is 0 Å². The Bertz CT molecular complexity index is 545. The molecule has 19 heavy (non-hydrogen) atoms. The van der Waals surface area contributed by atoms with Crippen molar-refractivity contribution in [2.24, 2.45) is 0 Å². The Kier molecular flexibility index (Phi) is 4.80. The SMILES string of the molecule is Fc1ccccc1NC(=S)NCCc1ccccn1. The number of benzene rings is 1. The number of hydrogen-bond donors (Lipinski definition) is 2. The van der Waals surface area contributed by atoms with E-state index in [0.29, 0.717) is 17.3 Å². The lowest BCUT2D eigenvalue weighted by Crippen LogP contribution is -2.30. The average Bonchev–Trinajstić information content (AvgIpc) is 2.43. The fraction of sp³-hybridized carbons (Fsp3) is 0.143. The topological polar surface area (TPSA) is 37.0 Å². The second-order valence-corrected chi connectivity index (χ2v) is 4.34. The van der Waals surface area contributed by atoms with Crippen LogP contribution in [0.1, 0.15) is 5.69 Å². The summed E-state index contributed by atoms with van der Waals surface area (Å²) in [6.45, 7) is 0.650. The monoisotopic (exact) mass is 275 g/mol. The Morgan fingerprint density at radius 3 is 2.68 bits per heavy atom. The van der Waals surface area contributed by atoms with Crippen molar-refractivity contribution in [1.29, 1.82) is 0 Å². The molecule has 0 saturated heterocycles. The van der Waals surface area contributed by atoms with Crippen molar-refractivity contribution in [1.82, 2.24) is 10.3 Å². The van der Waals surface area contributed by atoms with Gasteiger partial charge in [-0.1, -0.05) is 18.2 Å². The van der Waals surface area contributed by atoms with Crippen molar-refractivity contribution in [3.63, 3.8) is 0 Å². The van der Waals surface area contributed by atoms with Crippen molar-refractivity contribution >= 4 is 23.0 Å².